The van der Waals surface area contributed by atoms with Crippen molar-refractivity contribution in [2.24, 2.45) is 5.73 Å². The summed E-state index contributed by atoms with van der Waals surface area (Å²) >= 11 is 0. The molecule has 112 valence electrons. The Hall–Kier alpha value is -1.83. The van der Waals surface area contributed by atoms with Gasteiger partial charge in [0.2, 0.25) is 10.0 Å². The third-order valence-electron chi connectivity index (χ3n) is 2.99. The molecule has 0 saturated heterocycles. The van der Waals surface area contributed by atoms with E-state index in [1.54, 1.807) is 24.5 Å². The van der Waals surface area contributed by atoms with Crippen LogP contribution in [0.4, 0.5) is 0 Å². The molecule has 0 saturated carbocycles. The first-order valence-corrected chi connectivity index (χ1v) is 8.17. The largest absolute Gasteiger partial charge is 0.326 e. The first-order valence-electron chi connectivity index (χ1n) is 6.52. The van der Waals surface area contributed by atoms with Crippen LogP contribution in [0.1, 0.15) is 22.5 Å². The van der Waals surface area contributed by atoms with E-state index in [1.807, 2.05) is 19.1 Å². The first kappa shape index (κ1) is 15.6. The Morgan fingerprint density at radius 1 is 1.14 bits per heavy atom. The van der Waals surface area contributed by atoms with E-state index in [1.165, 1.54) is 0 Å². The molecule has 0 unspecified atom stereocenters. The molecule has 1 heterocycles. The van der Waals surface area contributed by atoms with Crippen molar-refractivity contribution >= 4 is 10.0 Å². The summed E-state index contributed by atoms with van der Waals surface area (Å²) in [4.78, 5) is 8.19. The highest BCUT2D eigenvalue weighted by molar-refractivity contribution is 7.88. The third-order valence-corrected chi connectivity index (χ3v) is 4.27. The zero-order chi connectivity index (χ0) is 15.3. The molecule has 0 aliphatic heterocycles. The minimum Gasteiger partial charge on any atom is -0.326 e. The Bertz CT molecular complexity index is 699. The van der Waals surface area contributed by atoms with Gasteiger partial charge in [0.05, 0.1) is 29.9 Å². The van der Waals surface area contributed by atoms with Gasteiger partial charge >= 0.3 is 0 Å². The predicted molar refractivity (Wildman–Crippen MR) is 80.6 cm³/mol. The summed E-state index contributed by atoms with van der Waals surface area (Å²) in [5.41, 5.74) is 8.53. The minimum atomic E-state index is -3.45. The van der Waals surface area contributed by atoms with Crippen molar-refractivity contribution in [2.45, 2.75) is 25.8 Å². The molecule has 0 fully saturated rings. The van der Waals surface area contributed by atoms with Crippen LogP contribution in [0.5, 0.6) is 0 Å². The molecule has 0 aliphatic carbocycles. The number of nitrogens with zero attached hydrogens (tertiary/aromatic N) is 2. The molecule has 21 heavy (non-hydrogen) atoms. The lowest BCUT2D eigenvalue weighted by Crippen LogP contribution is -2.25. The Morgan fingerprint density at radius 3 is 2.48 bits per heavy atom. The van der Waals surface area contributed by atoms with Crippen LogP contribution >= 0.6 is 0 Å². The predicted octanol–water partition coefficient (Wildman–Crippen LogP) is 0.863. The Labute approximate surface area is 124 Å². The number of hydrogen-bond acceptors (Lipinski definition) is 5. The lowest BCUT2D eigenvalue weighted by Gasteiger charge is -2.09. The van der Waals surface area contributed by atoms with Crippen LogP contribution < -0.4 is 10.5 Å². The van der Waals surface area contributed by atoms with Gasteiger partial charge in [0.1, 0.15) is 0 Å². The fraction of sp³-hybridized carbons (Fsp3) is 0.286. The van der Waals surface area contributed by atoms with E-state index < -0.39 is 10.0 Å². The highest BCUT2D eigenvalue weighted by atomic mass is 32.2. The van der Waals surface area contributed by atoms with Crippen LogP contribution in [0.2, 0.25) is 0 Å². The van der Waals surface area contributed by atoms with Gasteiger partial charge in [-0.3, -0.25) is 9.97 Å². The number of sulfonamides is 1. The van der Waals surface area contributed by atoms with Crippen molar-refractivity contribution in [1.82, 2.24) is 14.7 Å². The maximum atomic E-state index is 12.1. The summed E-state index contributed by atoms with van der Waals surface area (Å²) in [5, 5.41) is 0. The van der Waals surface area contributed by atoms with Crippen LogP contribution in [0.15, 0.2) is 36.7 Å². The van der Waals surface area contributed by atoms with Gasteiger partial charge in [-0.15, -0.1) is 0 Å². The summed E-state index contributed by atoms with van der Waals surface area (Å²) in [6.45, 7) is 2.26. The van der Waals surface area contributed by atoms with E-state index >= 15 is 0 Å². The zero-order valence-electron chi connectivity index (χ0n) is 11.8. The lowest BCUT2D eigenvalue weighted by molar-refractivity contribution is 0.579. The maximum Gasteiger partial charge on any atom is 0.216 e. The smallest absolute Gasteiger partial charge is 0.216 e. The van der Waals surface area contributed by atoms with E-state index in [0.29, 0.717) is 17.8 Å². The molecule has 1 aromatic carbocycles. The van der Waals surface area contributed by atoms with Crippen molar-refractivity contribution in [3.05, 3.63) is 59.2 Å². The fourth-order valence-electron chi connectivity index (χ4n) is 1.85. The molecular formula is C14H18N4O2S. The number of nitrogens with one attached hydrogen (secondary N) is 1. The topological polar surface area (TPSA) is 98.0 Å². The molecule has 2 rings (SSSR count). The molecule has 0 aliphatic rings. The normalized spacial score (nSPS) is 11.5. The highest BCUT2D eigenvalue weighted by Crippen LogP contribution is 2.11. The molecule has 1 aromatic heterocycles. The number of benzene rings is 1. The van der Waals surface area contributed by atoms with Crippen molar-refractivity contribution in [1.29, 1.82) is 0 Å². The van der Waals surface area contributed by atoms with Crippen LogP contribution in [0.3, 0.4) is 0 Å². The molecule has 0 amide bonds. The average Bonchev–Trinajstić information content (AvgIpc) is 2.47. The van der Waals surface area contributed by atoms with E-state index in [4.69, 9.17) is 5.73 Å². The second-order valence-corrected chi connectivity index (χ2v) is 6.51. The quantitative estimate of drug-likeness (QED) is 0.825. The van der Waals surface area contributed by atoms with Crippen LogP contribution in [0, 0.1) is 6.92 Å². The zero-order valence-corrected chi connectivity index (χ0v) is 12.6. The number of aryl methyl sites for hydroxylation is 1. The Morgan fingerprint density at radius 2 is 1.86 bits per heavy atom. The molecule has 3 N–H and O–H groups in total. The van der Waals surface area contributed by atoms with Crippen LogP contribution in [0.25, 0.3) is 0 Å². The lowest BCUT2D eigenvalue weighted by atomic mass is 10.1. The van der Waals surface area contributed by atoms with Crippen LogP contribution in [-0.4, -0.2) is 18.4 Å². The van der Waals surface area contributed by atoms with Crippen molar-refractivity contribution in [3.8, 4) is 0 Å². The molecule has 2 aromatic rings. The molecule has 0 atom stereocenters. The van der Waals surface area contributed by atoms with E-state index in [0.717, 1.165) is 11.3 Å². The van der Waals surface area contributed by atoms with Crippen molar-refractivity contribution in [3.63, 3.8) is 0 Å². The van der Waals surface area contributed by atoms with Gasteiger partial charge in [0, 0.05) is 12.7 Å². The molecular weight excluding hydrogens is 288 g/mol. The van der Waals surface area contributed by atoms with Crippen molar-refractivity contribution in [2.75, 3.05) is 0 Å². The molecule has 7 heteroatoms. The summed E-state index contributed by atoms with van der Waals surface area (Å²) in [6.07, 6.45) is 3.17. The van der Waals surface area contributed by atoms with Gasteiger partial charge in [-0.05, 0) is 18.1 Å². The van der Waals surface area contributed by atoms with Gasteiger partial charge in [-0.1, -0.05) is 24.3 Å². The monoisotopic (exact) mass is 306 g/mol. The number of hydrogen-bond donors (Lipinski definition) is 2. The van der Waals surface area contributed by atoms with E-state index in [-0.39, 0.29) is 12.3 Å². The summed E-state index contributed by atoms with van der Waals surface area (Å²) < 4.78 is 26.7. The van der Waals surface area contributed by atoms with Gasteiger partial charge in [0.25, 0.3) is 0 Å². The number of aromatic nitrogens is 2. The highest BCUT2D eigenvalue weighted by Gasteiger charge is 2.13. The maximum absolute atomic E-state index is 12.1. The second-order valence-electron chi connectivity index (χ2n) is 4.70. The number of nitrogens with two attached hydrogens (primary N) is 1. The standard InChI is InChI=1S/C14H18N4O2S/c1-11-7-17-14(8-16-11)9-18-21(19,20)10-13-5-3-2-4-12(13)6-15/h2-5,7-8,18H,6,9-10,15H2,1H3. The van der Waals surface area contributed by atoms with Crippen LogP contribution in [-0.2, 0) is 28.9 Å². The first-order chi connectivity index (χ1) is 10.00. The average molecular weight is 306 g/mol. The molecule has 0 bridgehead atoms. The molecule has 0 radical (unpaired) electrons. The summed E-state index contributed by atoms with van der Waals surface area (Å²) in [7, 11) is -3.45. The van der Waals surface area contributed by atoms with Gasteiger partial charge in [-0.25, -0.2) is 13.1 Å². The summed E-state index contributed by atoms with van der Waals surface area (Å²) in [6, 6.07) is 7.24. The van der Waals surface area contributed by atoms with Gasteiger partial charge in [0.15, 0.2) is 0 Å². The minimum absolute atomic E-state index is 0.0976. The van der Waals surface area contributed by atoms with E-state index in [9.17, 15) is 8.42 Å². The molecule has 0 spiro atoms. The van der Waals surface area contributed by atoms with Gasteiger partial charge in [-0.2, -0.15) is 0 Å². The SMILES string of the molecule is Cc1cnc(CNS(=O)(=O)Cc2ccccc2CN)cn1. The van der Waals surface area contributed by atoms with Crippen molar-refractivity contribution < 1.29 is 8.42 Å². The Kier molecular flexibility index (Phi) is 5.00. The fourth-order valence-corrected chi connectivity index (χ4v) is 3.01. The Balaban J connectivity index is 2.03. The van der Waals surface area contributed by atoms with Gasteiger partial charge < -0.3 is 5.73 Å². The summed E-state index contributed by atoms with van der Waals surface area (Å²) in [5.74, 6) is -0.0976. The van der Waals surface area contributed by atoms with E-state index in [2.05, 4.69) is 14.7 Å². The third kappa shape index (κ3) is 4.59. The molecule has 6 nitrogen and oxygen atoms in total. The number of rotatable bonds is 6. The second kappa shape index (κ2) is 6.75.